The van der Waals surface area contributed by atoms with Crippen molar-refractivity contribution in [3.8, 4) is 0 Å². The first kappa shape index (κ1) is 13.5. The molecule has 1 fully saturated rings. The van der Waals surface area contributed by atoms with Crippen molar-refractivity contribution in [1.29, 1.82) is 0 Å². The molecule has 0 amide bonds. The molecule has 0 spiro atoms. The van der Waals surface area contributed by atoms with Gasteiger partial charge in [0, 0.05) is 44.1 Å². The Morgan fingerprint density at radius 2 is 2.33 bits per heavy atom. The highest BCUT2D eigenvalue weighted by molar-refractivity contribution is 5.08. The summed E-state index contributed by atoms with van der Waals surface area (Å²) in [4.78, 5) is 8.86. The van der Waals surface area contributed by atoms with Crippen LogP contribution in [0.4, 0.5) is 0 Å². The third-order valence-electron chi connectivity index (χ3n) is 3.92. The van der Waals surface area contributed by atoms with Gasteiger partial charge in [0.2, 0.25) is 0 Å². The van der Waals surface area contributed by atoms with Crippen LogP contribution < -0.4 is 0 Å². The molecule has 0 aromatic carbocycles. The van der Waals surface area contributed by atoms with Gasteiger partial charge >= 0.3 is 0 Å². The van der Waals surface area contributed by atoms with Gasteiger partial charge in [0.1, 0.15) is 0 Å². The molecule has 1 aromatic rings. The van der Waals surface area contributed by atoms with Crippen LogP contribution in [0.1, 0.15) is 18.9 Å². The Balaban J connectivity index is 2.05. The van der Waals surface area contributed by atoms with E-state index in [1.807, 2.05) is 12.3 Å². The number of aliphatic hydroxyl groups excluding tert-OH is 1. The zero-order chi connectivity index (χ0) is 13.0. The lowest BCUT2D eigenvalue weighted by molar-refractivity contribution is 0.109. The molecule has 4 nitrogen and oxygen atoms in total. The highest BCUT2D eigenvalue weighted by atomic mass is 16.3. The smallest absolute Gasteiger partial charge is 0.0599 e. The molecule has 18 heavy (non-hydrogen) atoms. The minimum absolute atomic E-state index is 0.220. The summed E-state index contributed by atoms with van der Waals surface area (Å²) in [5, 5.41) is 9.58. The SMILES string of the molecule is CC1CCN(Cc2cccnc2)C(CO)CN1C. The summed E-state index contributed by atoms with van der Waals surface area (Å²) in [7, 11) is 2.14. The van der Waals surface area contributed by atoms with Gasteiger partial charge in [0.05, 0.1) is 6.61 Å². The summed E-state index contributed by atoms with van der Waals surface area (Å²) in [6, 6.07) is 4.87. The molecule has 100 valence electrons. The fourth-order valence-electron chi connectivity index (χ4n) is 2.49. The van der Waals surface area contributed by atoms with Gasteiger partial charge in [-0.15, -0.1) is 0 Å². The van der Waals surface area contributed by atoms with E-state index in [9.17, 15) is 5.11 Å². The normalized spacial score (nSPS) is 27.1. The first-order valence-corrected chi connectivity index (χ1v) is 6.64. The van der Waals surface area contributed by atoms with E-state index in [0.29, 0.717) is 6.04 Å². The van der Waals surface area contributed by atoms with E-state index in [0.717, 1.165) is 26.1 Å². The number of hydrogen-bond donors (Lipinski definition) is 1. The third-order valence-corrected chi connectivity index (χ3v) is 3.92. The number of likely N-dealkylation sites (N-methyl/N-ethyl adjacent to an activating group) is 1. The predicted molar refractivity (Wildman–Crippen MR) is 72.2 cm³/mol. The molecule has 1 aromatic heterocycles. The molecule has 0 aliphatic carbocycles. The van der Waals surface area contributed by atoms with Gasteiger partial charge in [-0.3, -0.25) is 9.88 Å². The van der Waals surface area contributed by atoms with Crippen LogP contribution in [0.3, 0.4) is 0 Å². The maximum Gasteiger partial charge on any atom is 0.0599 e. The summed E-state index contributed by atoms with van der Waals surface area (Å²) in [5.41, 5.74) is 1.22. The van der Waals surface area contributed by atoms with Crippen molar-refractivity contribution >= 4 is 0 Å². The van der Waals surface area contributed by atoms with Gasteiger partial charge in [-0.1, -0.05) is 6.07 Å². The van der Waals surface area contributed by atoms with Crippen molar-refractivity contribution in [3.63, 3.8) is 0 Å². The average Bonchev–Trinajstić information content (AvgIpc) is 2.53. The number of nitrogens with zero attached hydrogens (tertiary/aromatic N) is 3. The predicted octanol–water partition coefficient (Wildman–Crippen LogP) is 0.968. The highest BCUT2D eigenvalue weighted by Gasteiger charge is 2.26. The van der Waals surface area contributed by atoms with Crippen LogP contribution in [0.2, 0.25) is 0 Å². The first-order chi connectivity index (χ1) is 8.70. The maximum atomic E-state index is 9.58. The molecule has 1 aliphatic rings. The molecular weight excluding hydrogens is 226 g/mol. The van der Waals surface area contributed by atoms with Crippen LogP contribution in [0.15, 0.2) is 24.5 Å². The number of aromatic nitrogens is 1. The lowest BCUT2D eigenvalue weighted by atomic mass is 10.2. The number of rotatable bonds is 3. The number of pyridine rings is 1. The van der Waals surface area contributed by atoms with Crippen LogP contribution in [-0.4, -0.2) is 58.7 Å². The molecule has 1 aliphatic heterocycles. The third kappa shape index (κ3) is 3.28. The summed E-state index contributed by atoms with van der Waals surface area (Å²) < 4.78 is 0. The lowest BCUT2D eigenvalue weighted by Crippen LogP contribution is -2.42. The largest absolute Gasteiger partial charge is 0.395 e. The lowest BCUT2D eigenvalue weighted by Gasteiger charge is -2.29. The molecule has 2 heterocycles. The molecular formula is C14H23N3O. The number of hydrogen-bond acceptors (Lipinski definition) is 4. The zero-order valence-corrected chi connectivity index (χ0v) is 11.3. The van der Waals surface area contributed by atoms with Gasteiger partial charge in [0.25, 0.3) is 0 Å². The fraction of sp³-hybridized carbons (Fsp3) is 0.643. The van der Waals surface area contributed by atoms with E-state index in [4.69, 9.17) is 0 Å². The van der Waals surface area contributed by atoms with E-state index >= 15 is 0 Å². The van der Waals surface area contributed by atoms with Crippen LogP contribution in [0, 0.1) is 0 Å². The second-order valence-corrected chi connectivity index (χ2v) is 5.25. The maximum absolute atomic E-state index is 9.58. The highest BCUT2D eigenvalue weighted by Crippen LogP contribution is 2.16. The Hall–Kier alpha value is -0.970. The van der Waals surface area contributed by atoms with Crippen molar-refractivity contribution in [1.82, 2.24) is 14.8 Å². The monoisotopic (exact) mass is 249 g/mol. The summed E-state index contributed by atoms with van der Waals surface area (Å²) in [5.74, 6) is 0. The Kier molecular flexibility index (Phi) is 4.69. The Labute approximate surface area is 109 Å². The van der Waals surface area contributed by atoms with E-state index in [-0.39, 0.29) is 12.6 Å². The van der Waals surface area contributed by atoms with Crippen LogP contribution in [-0.2, 0) is 6.54 Å². The Morgan fingerprint density at radius 1 is 1.50 bits per heavy atom. The second-order valence-electron chi connectivity index (χ2n) is 5.25. The molecule has 1 saturated heterocycles. The average molecular weight is 249 g/mol. The summed E-state index contributed by atoms with van der Waals surface area (Å²) in [6.45, 7) is 5.31. The van der Waals surface area contributed by atoms with Crippen LogP contribution in [0.25, 0.3) is 0 Å². The topological polar surface area (TPSA) is 39.6 Å². The van der Waals surface area contributed by atoms with E-state index in [2.05, 4.69) is 34.8 Å². The molecule has 4 heteroatoms. The van der Waals surface area contributed by atoms with Crippen molar-refractivity contribution < 1.29 is 5.11 Å². The standard InChI is InChI=1S/C14H23N3O/c1-12-5-7-17(14(11-18)10-16(12)2)9-13-4-3-6-15-8-13/h3-4,6,8,12,14,18H,5,7,9-11H2,1-2H3. The van der Waals surface area contributed by atoms with E-state index in [1.54, 1.807) is 6.20 Å². The van der Waals surface area contributed by atoms with E-state index < -0.39 is 0 Å². The molecule has 2 rings (SSSR count). The van der Waals surface area contributed by atoms with Crippen molar-refractivity contribution in [3.05, 3.63) is 30.1 Å². The Morgan fingerprint density at radius 3 is 3.00 bits per heavy atom. The zero-order valence-electron chi connectivity index (χ0n) is 11.3. The quantitative estimate of drug-likeness (QED) is 0.866. The van der Waals surface area contributed by atoms with E-state index in [1.165, 1.54) is 5.56 Å². The van der Waals surface area contributed by atoms with Crippen molar-refractivity contribution in [2.75, 3.05) is 26.7 Å². The molecule has 0 saturated carbocycles. The first-order valence-electron chi connectivity index (χ1n) is 6.64. The molecule has 0 radical (unpaired) electrons. The molecule has 0 bridgehead atoms. The molecule has 2 unspecified atom stereocenters. The van der Waals surface area contributed by atoms with Gasteiger partial charge in [-0.25, -0.2) is 0 Å². The van der Waals surface area contributed by atoms with Gasteiger partial charge < -0.3 is 10.0 Å². The van der Waals surface area contributed by atoms with Gasteiger partial charge in [-0.2, -0.15) is 0 Å². The second kappa shape index (κ2) is 6.27. The van der Waals surface area contributed by atoms with Crippen LogP contribution >= 0.6 is 0 Å². The minimum atomic E-state index is 0.220. The molecule has 1 N–H and O–H groups in total. The Bertz CT molecular complexity index is 357. The van der Waals surface area contributed by atoms with Crippen molar-refractivity contribution in [2.45, 2.75) is 32.0 Å². The summed E-state index contributed by atoms with van der Waals surface area (Å²) in [6.07, 6.45) is 4.85. The fourth-order valence-corrected chi connectivity index (χ4v) is 2.49. The molecule has 2 atom stereocenters. The van der Waals surface area contributed by atoms with Gasteiger partial charge in [0.15, 0.2) is 0 Å². The van der Waals surface area contributed by atoms with Crippen LogP contribution in [0.5, 0.6) is 0 Å². The minimum Gasteiger partial charge on any atom is -0.395 e. The number of aliphatic hydroxyl groups is 1. The summed E-state index contributed by atoms with van der Waals surface area (Å²) >= 11 is 0. The van der Waals surface area contributed by atoms with Gasteiger partial charge in [-0.05, 0) is 32.0 Å². The van der Waals surface area contributed by atoms with Crippen molar-refractivity contribution in [2.24, 2.45) is 0 Å².